The van der Waals surface area contributed by atoms with E-state index in [1.165, 1.54) is 0 Å². The van der Waals surface area contributed by atoms with Crippen molar-refractivity contribution in [3.63, 3.8) is 0 Å². The summed E-state index contributed by atoms with van der Waals surface area (Å²) < 4.78 is 8.06. The van der Waals surface area contributed by atoms with E-state index in [4.69, 9.17) is 16.3 Å². The molecule has 1 aromatic carbocycles. The molecule has 4 nitrogen and oxygen atoms in total. The molecule has 0 spiro atoms. The van der Waals surface area contributed by atoms with E-state index in [1.807, 2.05) is 43.7 Å². The molecule has 0 fully saturated rings. The number of rotatable bonds is 8. The second-order valence-electron chi connectivity index (χ2n) is 6.68. The van der Waals surface area contributed by atoms with Gasteiger partial charge in [0.15, 0.2) is 0 Å². The number of ether oxygens (including phenoxy) is 1. The molecule has 0 aliphatic rings. The number of aromatic nitrogens is 2. The van der Waals surface area contributed by atoms with Crippen LogP contribution in [0.15, 0.2) is 36.7 Å². The molecule has 1 atom stereocenters. The number of benzene rings is 1. The highest BCUT2D eigenvalue weighted by molar-refractivity contribution is 6.30. The van der Waals surface area contributed by atoms with Gasteiger partial charge in [-0.25, -0.2) is 0 Å². The number of hydrogen-bond donors (Lipinski definition) is 0. The lowest BCUT2D eigenvalue weighted by Gasteiger charge is -2.31. The molecular formula is C19H28ClN3O. The summed E-state index contributed by atoms with van der Waals surface area (Å²) in [6, 6.07) is 8.84. The first-order valence-electron chi connectivity index (χ1n) is 8.50. The van der Waals surface area contributed by atoms with Crippen LogP contribution in [0.2, 0.25) is 5.02 Å². The Labute approximate surface area is 150 Å². The molecule has 0 aliphatic heterocycles. The fraction of sp³-hybridized carbons (Fsp3) is 0.526. The molecule has 1 heterocycles. The zero-order chi connectivity index (χ0) is 17.7. The van der Waals surface area contributed by atoms with Gasteiger partial charge in [0, 0.05) is 42.5 Å². The maximum absolute atomic E-state index is 6.26. The Morgan fingerprint density at radius 3 is 2.21 bits per heavy atom. The van der Waals surface area contributed by atoms with E-state index in [0.29, 0.717) is 18.7 Å². The first-order valence-corrected chi connectivity index (χ1v) is 8.87. The predicted molar refractivity (Wildman–Crippen MR) is 99.4 cm³/mol. The minimum absolute atomic E-state index is 0.128. The van der Waals surface area contributed by atoms with Gasteiger partial charge in [-0.15, -0.1) is 0 Å². The Morgan fingerprint density at radius 1 is 1.08 bits per heavy atom. The van der Waals surface area contributed by atoms with E-state index >= 15 is 0 Å². The number of hydrogen-bond acceptors (Lipinski definition) is 3. The Kier molecular flexibility index (Phi) is 6.84. The first-order chi connectivity index (χ1) is 11.4. The highest BCUT2D eigenvalue weighted by atomic mass is 35.5. The molecule has 0 bridgehead atoms. The quantitative estimate of drug-likeness (QED) is 0.711. The molecule has 0 aliphatic carbocycles. The van der Waals surface area contributed by atoms with Crippen LogP contribution in [-0.4, -0.2) is 39.9 Å². The molecule has 1 unspecified atom stereocenters. The van der Waals surface area contributed by atoms with Gasteiger partial charge in [-0.05, 0) is 45.4 Å². The molecule has 24 heavy (non-hydrogen) atoms. The van der Waals surface area contributed by atoms with E-state index in [-0.39, 0.29) is 6.10 Å². The summed E-state index contributed by atoms with van der Waals surface area (Å²) >= 11 is 6.02. The third-order valence-corrected chi connectivity index (χ3v) is 4.41. The van der Waals surface area contributed by atoms with E-state index in [2.05, 4.69) is 37.7 Å². The van der Waals surface area contributed by atoms with Crippen LogP contribution >= 0.6 is 11.6 Å². The summed E-state index contributed by atoms with van der Waals surface area (Å²) in [7, 11) is 1.92. The Bertz CT molecular complexity index is 614. The van der Waals surface area contributed by atoms with Crippen molar-refractivity contribution in [2.75, 3.05) is 13.2 Å². The highest BCUT2D eigenvalue weighted by Crippen LogP contribution is 2.27. The molecule has 2 rings (SSSR count). The predicted octanol–water partition coefficient (Wildman–Crippen LogP) is 4.30. The minimum Gasteiger partial charge on any atom is -0.367 e. The summed E-state index contributed by atoms with van der Waals surface area (Å²) in [5.41, 5.74) is 2.15. The van der Waals surface area contributed by atoms with Gasteiger partial charge >= 0.3 is 0 Å². The maximum Gasteiger partial charge on any atom is 0.111 e. The minimum atomic E-state index is -0.128. The normalized spacial score (nSPS) is 13.2. The summed E-state index contributed by atoms with van der Waals surface area (Å²) in [5, 5.41) is 5.01. The maximum atomic E-state index is 6.26. The van der Waals surface area contributed by atoms with Crippen LogP contribution in [0.4, 0.5) is 0 Å². The topological polar surface area (TPSA) is 30.3 Å². The smallest absolute Gasteiger partial charge is 0.111 e. The van der Waals surface area contributed by atoms with Crippen molar-refractivity contribution in [3.8, 4) is 0 Å². The third-order valence-electron chi connectivity index (χ3n) is 4.16. The van der Waals surface area contributed by atoms with Crippen LogP contribution in [0, 0.1) is 0 Å². The SMILES string of the molecule is CC(C)N(CCOC(c1ccc(Cl)cc1)c1cnn(C)c1)C(C)C. The van der Waals surface area contributed by atoms with Gasteiger partial charge < -0.3 is 4.74 Å². The van der Waals surface area contributed by atoms with Gasteiger partial charge in [0.25, 0.3) is 0 Å². The number of aryl methyl sites for hydroxylation is 1. The second-order valence-corrected chi connectivity index (χ2v) is 7.11. The van der Waals surface area contributed by atoms with Gasteiger partial charge in [0.2, 0.25) is 0 Å². The molecule has 0 amide bonds. The fourth-order valence-corrected chi connectivity index (χ4v) is 3.11. The molecule has 0 N–H and O–H groups in total. The lowest BCUT2D eigenvalue weighted by Crippen LogP contribution is -2.39. The van der Waals surface area contributed by atoms with E-state index in [1.54, 1.807) is 4.68 Å². The lowest BCUT2D eigenvalue weighted by molar-refractivity contribution is 0.0441. The molecule has 0 saturated carbocycles. The number of nitrogens with zero attached hydrogens (tertiary/aromatic N) is 3. The fourth-order valence-electron chi connectivity index (χ4n) is 2.99. The molecule has 0 saturated heterocycles. The van der Waals surface area contributed by atoms with Crippen LogP contribution in [0.5, 0.6) is 0 Å². The Morgan fingerprint density at radius 2 is 1.71 bits per heavy atom. The standard InChI is InChI=1S/C19H28ClN3O/c1-14(2)23(15(3)4)10-11-24-19(17-12-21-22(5)13-17)16-6-8-18(20)9-7-16/h6-9,12-15,19H,10-11H2,1-5H3. The van der Waals surface area contributed by atoms with Crippen LogP contribution in [-0.2, 0) is 11.8 Å². The van der Waals surface area contributed by atoms with Crippen LogP contribution < -0.4 is 0 Å². The Hall–Kier alpha value is -1.36. The summed E-state index contributed by atoms with van der Waals surface area (Å²) in [5.74, 6) is 0. The van der Waals surface area contributed by atoms with Crippen molar-refractivity contribution in [2.45, 2.75) is 45.9 Å². The van der Waals surface area contributed by atoms with Gasteiger partial charge in [0.1, 0.15) is 6.10 Å². The average Bonchev–Trinajstić information content (AvgIpc) is 2.94. The van der Waals surface area contributed by atoms with Crippen molar-refractivity contribution >= 4 is 11.6 Å². The van der Waals surface area contributed by atoms with Crippen molar-refractivity contribution in [1.82, 2.24) is 14.7 Å². The van der Waals surface area contributed by atoms with Crippen molar-refractivity contribution < 1.29 is 4.74 Å². The monoisotopic (exact) mass is 349 g/mol. The molecule has 2 aromatic rings. The zero-order valence-corrected chi connectivity index (χ0v) is 16.0. The summed E-state index contributed by atoms with van der Waals surface area (Å²) in [4.78, 5) is 2.43. The van der Waals surface area contributed by atoms with Crippen molar-refractivity contribution in [3.05, 3.63) is 52.8 Å². The van der Waals surface area contributed by atoms with Gasteiger partial charge in [-0.1, -0.05) is 23.7 Å². The molecule has 1 aromatic heterocycles. The van der Waals surface area contributed by atoms with E-state index < -0.39 is 0 Å². The molecule has 132 valence electrons. The zero-order valence-electron chi connectivity index (χ0n) is 15.2. The van der Waals surface area contributed by atoms with E-state index in [0.717, 1.165) is 22.7 Å². The first kappa shape index (κ1) is 19.0. The largest absolute Gasteiger partial charge is 0.367 e. The van der Waals surface area contributed by atoms with Gasteiger partial charge in [0.05, 0.1) is 12.8 Å². The highest BCUT2D eigenvalue weighted by Gasteiger charge is 2.18. The molecule has 0 radical (unpaired) electrons. The van der Waals surface area contributed by atoms with Gasteiger partial charge in [-0.2, -0.15) is 5.10 Å². The Balaban J connectivity index is 2.11. The lowest BCUT2D eigenvalue weighted by atomic mass is 10.0. The van der Waals surface area contributed by atoms with Crippen LogP contribution in [0.3, 0.4) is 0 Å². The summed E-state index contributed by atoms with van der Waals surface area (Å²) in [6.07, 6.45) is 3.74. The average molecular weight is 350 g/mol. The van der Waals surface area contributed by atoms with E-state index in [9.17, 15) is 0 Å². The summed E-state index contributed by atoms with van der Waals surface area (Å²) in [6.45, 7) is 10.4. The van der Waals surface area contributed by atoms with Gasteiger partial charge in [-0.3, -0.25) is 9.58 Å². The number of halogens is 1. The molecule has 5 heteroatoms. The third kappa shape index (κ3) is 5.07. The molecular weight excluding hydrogens is 322 g/mol. The second kappa shape index (κ2) is 8.65. The van der Waals surface area contributed by atoms with Crippen LogP contribution in [0.25, 0.3) is 0 Å². The van der Waals surface area contributed by atoms with Crippen molar-refractivity contribution in [1.29, 1.82) is 0 Å². The van der Waals surface area contributed by atoms with Crippen LogP contribution in [0.1, 0.15) is 44.9 Å². The van der Waals surface area contributed by atoms with Crippen molar-refractivity contribution in [2.24, 2.45) is 7.05 Å².